The molecule has 3 aromatic heterocycles. The van der Waals surface area contributed by atoms with Gasteiger partial charge in [-0.25, -0.2) is 17.4 Å². The molecule has 6 nitrogen and oxygen atoms in total. The highest BCUT2D eigenvalue weighted by atomic mass is 32.2. The van der Waals surface area contributed by atoms with E-state index in [1.54, 1.807) is 48.8 Å². The van der Waals surface area contributed by atoms with Gasteiger partial charge in [0.25, 0.3) is 10.0 Å². The van der Waals surface area contributed by atoms with E-state index in [1.807, 2.05) is 65.5 Å². The SMILES string of the molecule is [B]c1cnc2c(c1)c(-c1cnn(C(c3ccccc3)(c3ccccc3)c3ccccc3)c1)cn2S(=O)(=O)c1ccccc1. The third kappa shape index (κ3) is 4.38. The van der Waals surface area contributed by atoms with Crippen LogP contribution in [0.3, 0.4) is 0 Å². The van der Waals surface area contributed by atoms with Gasteiger partial charge < -0.3 is 0 Å². The molecule has 0 saturated heterocycles. The van der Waals surface area contributed by atoms with Crippen LogP contribution in [0.2, 0.25) is 0 Å². The van der Waals surface area contributed by atoms with E-state index in [9.17, 15) is 8.42 Å². The molecule has 0 bridgehead atoms. The molecule has 8 heteroatoms. The van der Waals surface area contributed by atoms with Crippen molar-refractivity contribution < 1.29 is 8.42 Å². The standard InChI is InChI=1S/C35H25BN4O2S/c36-30-21-32-33(25-39(34(32)37-23-30)43(41,42)31-19-11-4-12-20-31)26-22-38-40(24-26)35(27-13-5-1-6-14-27,28-15-7-2-8-16-28)29-17-9-3-10-18-29/h1-25H. The van der Waals surface area contributed by atoms with Gasteiger partial charge in [0.2, 0.25) is 0 Å². The molecule has 7 rings (SSSR count). The smallest absolute Gasteiger partial charge is 0.252 e. The third-order valence-electron chi connectivity index (χ3n) is 7.75. The van der Waals surface area contributed by atoms with Crippen molar-refractivity contribution in [3.05, 3.63) is 169 Å². The molecule has 3 heterocycles. The largest absolute Gasteiger partial charge is 0.269 e. The van der Waals surface area contributed by atoms with Gasteiger partial charge >= 0.3 is 0 Å². The first-order valence-electron chi connectivity index (χ1n) is 13.8. The maximum Gasteiger partial charge on any atom is 0.269 e. The Labute approximate surface area is 251 Å². The zero-order valence-corrected chi connectivity index (χ0v) is 23.8. The molecular formula is C35H25BN4O2S. The van der Waals surface area contributed by atoms with Gasteiger partial charge in [0.15, 0.2) is 5.65 Å². The third-order valence-corrected chi connectivity index (χ3v) is 9.41. The number of aromatic nitrogens is 4. The van der Waals surface area contributed by atoms with Crippen LogP contribution in [0.1, 0.15) is 16.7 Å². The molecule has 7 aromatic rings. The Bertz CT molecular complexity index is 2050. The fourth-order valence-corrected chi connectivity index (χ4v) is 7.14. The van der Waals surface area contributed by atoms with Crippen LogP contribution in [0.25, 0.3) is 22.2 Å². The summed E-state index contributed by atoms with van der Waals surface area (Å²) in [7, 11) is 2.23. The highest BCUT2D eigenvalue weighted by Crippen LogP contribution is 2.41. The van der Waals surface area contributed by atoms with Crippen molar-refractivity contribution in [3.63, 3.8) is 0 Å². The Hall–Kier alpha value is -5.21. The summed E-state index contributed by atoms with van der Waals surface area (Å²) in [5, 5.41) is 5.57. The maximum atomic E-state index is 13.8. The van der Waals surface area contributed by atoms with Crippen molar-refractivity contribution in [1.82, 2.24) is 18.7 Å². The second kappa shape index (κ2) is 10.6. The molecule has 0 aliphatic heterocycles. The van der Waals surface area contributed by atoms with E-state index in [0.29, 0.717) is 22.1 Å². The summed E-state index contributed by atoms with van der Waals surface area (Å²) in [5.41, 5.74) is 4.39. The van der Waals surface area contributed by atoms with Gasteiger partial charge in [-0.3, -0.25) is 4.68 Å². The lowest BCUT2D eigenvalue weighted by Gasteiger charge is -2.36. The average molecular weight is 576 g/mol. The van der Waals surface area contributed by atoms with Crippen molar-refractivity contribution in [1.29, 1.82) is 0 Å². The predicted molar refractivity (Wildman–Crippen MR) is 170 cm³/mol. The highest BCUT2D eigenvalue weighted by molar-refractivity contribution is 7.90. The monoisotopic (exact) mass is 576 g/mol. The lowest BCUT2D eigenvalue weighted by atomic mass is 9.77. The number of benzene rings is 4. The highest BCUT2D eigenvalue weighted by Gasteiger charge is 2.39. The quantitative estimate of drug-likeness (QED) is 0.179. The zero-order valence-electron chi connectivity index (χ0n) is 23.0. The molecule has 4 aromatic carbocycles. The molecule has 2 radical (unpaired) electrons. The summed E-state index contributed by atoms with van der Waals surface area (Å²) in [4.78, 5) is 4.62. The average Bonchev–Trinajstić information content (AvgIpc) is 3.69. The second-order valence-corrected chi connectivity index (χ2v) is 12.1. The Morgan fingerprint density at radius 1 is 0.651 bits per heavy atom. The van der Waals surface area contributed by atoms with E-state index >= 15 is 0 Å². The molecule has 0 N–H and O–H groups in total. The fourth-order valence-electron chi connectivity index (χ4n) is 5.79. The molecule has 0 saturated carbocycles. The number of fused-ring (bicyclic) bond motifs is 1. The van der Waals surface area contributed by atoms with Gasteiger partial charge in [-0.1, -0.05) is 121 Å². The molecule has 0 aliphatic rings. The molecule has 0 spiro atoms. The van der Waals surface area contributed by atoms with Crippen LogP contribution in [0.15, 0.2) is 157 Å². The maximum absolute atomic E-state index is 13.8. The zero-order chi connectivity index (χ0) is 29.4. The summed E-state index contributed by atoms with van der Waals surface area (Å²) in [6.45, 7) is 0. The minimum atomic E-state index is -3.93. The van der Waals surface area contributed by atoms with Crippen LogP contribution in [0.4, 0.5) is 0 Å². The van der Waals surface area contributed by atoms with E-state index < -0.39 is 15.6 Å². The first-order chi connectivity index (χ1) is 21.0. The Kier molecular flexibility index (Phi) is 6.56. The Morgan fingerprint density at radius 2 is 1.16 bits per heavy atom. The summed E-state index contributed by atoms with van der Waals surface area (Å²) >= 11 is 0. The lowest BCUT2D eigenvalue weighted by Crippen LogP contribution is -2.38. The first kappa shape index (κ1) is 26.7. The van der Waals surface area contributed by atoms with E-state index in [4.69, 9.17) is 12.9 Å². The van der Waals surface area contributed by atoms with Crippen molar-refractivity contribution >= 4 is 34.4 Å². The van der Waals surface area contributed by atoms with Crippen LogP contribution in [0, 0.1) is 0 Å². The lowest BCUT2D eigenvalue weighted by molar-refractivity contribution is 0.460. The molecule has 206 valence electrons. The number of nitrogens with zero attached hydrogens (tertiary/aromatic N) is 4. The normalized spacial score (nSPS) is 12.0. The van der Waals surface area contributed by atoms with Crippen molar-refractivity contribution in [2.24, 2.45) is 0 Å². The second-order valence-electron chi connectivity index (χ2n) is 10.3. The fraction of sp³-hybridized carbons (Fsp3) is 0.0286. The first-order valence-corrected chi connectivity index (χ1v) is 15.2. The summed E-state index contributed by atoms with van der Waals surface area (Å²) < 4.78 is 30.7. The van der Waals surface area contributed by atoms with Crippen LogP contribution in [0.5, 0.6) is 0 Å². The van der Waals surface area contributed by atoms with Crippen molar-refractivity contribution in [2.45, 2.75) is 10.4 Å². The van der Waals surface area contributed by atoms with E-state index in [0.717, 1.165) is 22.3 Å². The van der Waals surface area contributed by atoms with Crippen molar-refractivity contribution in [3.8, 4) is 11.1 Å². The van der Waals surface area contributed by atoms with Gasteiger partial charge in [0, 0.05) is 35.1 Å². The van der Waals surface area contributed by atoms with Crippen molar-refractivity contribution in [2.75, 3.05) is 0 Å². The van der Waals surface area contributed by atoms with Gasteiger partial charge in [-0.2, -0.15) is 5.10 Å². The van der Waals surface area contributed by atoms with Gasteiger partial charge in [0.05, 0.1) is 11.1 Å². The molecule has 0 amide bonds. The van der Waals surface area contributed by atoms with Crippen LogP contribution < -0.4 is 5.46 Å². The topological polar surface area (TPSA) is 69.8 Å². The van der Waals surface area contributed by atoms with E-state index in [1.165, 1.54) is 10.2 Å². The number of hydrogen-bond acceptors (Lipinski definition) is 4. The number of pyridine rings is 1. The van der Waals surface area contributed by atoms with Gasteiger partial charge in [0.1, 0.15) is 13.4 Å². The van der Waals surface area contributed by atoms with E-state index in [-0.39, 0.29) is 4.90 Å². The number of rotatable bonds is 7. The van der Waals surface area contributed by atoms with Gasteiger partial charge in [-0.05, 0) is 28.8 Å². The minimum Gasteiger partial charge on any atom is -0.252 e. The Balaban J connectivity index is 1.49. The minimum absolute atomic E-state index is 0.170. The van der Waals surface area contributed by atoms with Crippen LogP contribution in [-0.4, -0.2) is 35.0 Å². The van der Waals surface area contributed by atoms with Crippen LogP contribution in [-0.2, 0) is 15.6 Å². The molecule has 0 atom stereocenters. The Morgan fingerprint density at radius 3 is 1.70 bits per heavy atom. The predicted octanol–water partition coefficient (Wildman–Crippen LogP) is 5.77. The summed E-state index contributed by atoms with van der Waals surface area (Å²) in [6.07, 6.45) is 6.80. The summed E-state index contributed by atoms with van der Waals surface area (Å²) in [6, 6.07) is 40.8. The molecule has 0 unspecified atom stereocenters. The molecule has 0 fully saturated rings. The molecule has 43 heavy (non-hydrogen) atoms. The summed E-state index contributed by atoms with van der Waals surface area (Å²) in [5.74, 6) is 0. The van der Waals surface area contributed by atoms with Gasteiger partial charge in [-0.15, -0.1) is 0 Å². The molecule has 0 aliphatic carbocycles. The number of hydrogen-bond donors (Lipinski definition) is 0. The molecular weight excluding hydrogens is 551 g/mol. The van der Waals surface area contributed by atoms with E-state index in [2.05, 4.69) is 41.4 Å². The van der Waals surface area contributed by atoms with Crippen LogP contribution >= 0.6 is 0 Å².